The number of hydrogen-bond donors (Lipinski definition) is 1. The summed E-state index contributed by atoms with van der Waals surface area (Å²) < 4.78 is 0. The third-order valence-electron chi connectivity index (χ3n) is 8.57. The molecule has 4 rings (SSSR count). The summed E-state index contributed by atoms with van der Waals surface area (Å²) in [4.78, 5) is 12.2. The second kappa shape index (κ2) is 5.18. The van der Waals surface area contributed by atoms with Gasteiger partial charge in [0, 0.05) is 5.92 Å². The molecule has 2 nitrogen and oxygen atoms in total. The Morgan fingerprint density at radius 2 is 1.91 bits per heavy atom. The summed E-state index contributed by atoms with van der Waals surface area (Å²) in [6, 6.07) is 0. The van der Waals surface area contributed by atoms with Crippen LogP contribution in [0.1, 0.15) is 72.1 Å². The van der Waals surface area contributed by atoms with Gasteiger partial charge in [-0.25, -0.2) is 0 Å². The van der Waals surface area contributed by atoms with E-state index in [2.05, 4.69) is 19.9 Å². The van der Waals surface area contributed by atoms with Crippen molar-refractivity contribution in [1.29, 1.82) is 0 Å². The molecule has 0 amide bonds. The van der Waals surface area contributed by atoms with Crippen molar-refractivity contribution in [2.45, 2.75) is 78.2 Å². The average molecular weight is 316 g/mol. The summed E-state index contributed by atoms with van der Waals surface area (Å²) in [5.74, 6) is 3.00. The minimum absolute atomic E-state index is 0.117. The van der Waals surface area contributed by atoms with Gasteiger partial charge in [0.25, 0.3) is 0 Å². The van der Waals surface area contributed by atoms with Crippen molar-refractivity contribution in [2.75, 3.05) is 0 Å². The van der Waals surface area contributed by atoms with Crippen LogP contribution in [0.5, 0.6) is 0 Å². The average Bonchev–Trinajstić information content (AvgIpc) is 2.85. The lowest BCUT2D eigenvalue weighted by atomic mass is 9.47. The zero-order chi connectivity index (χ0) is 16.4. The predicted octanol–water partition coefficient (Wildman–Crippen LogP) is 4.52. The van der Waals surface area contributed by atoms with E-state index in [1.165, 1.54) is 25.7 Å². The van der Waals surface area contributed by atoms with E-state index in [1.54, 1.807) is 5.57 Å². The molecule has 23 heavy (non-hydrogen) atoms. The van der Waals surface area contributed by atoms with Crippen molar-refractivity contribution in [3.63, 3.8) is 0 Å². The van der Waals surface area contributed by atoms with E-state index in [0.29, 0.717) is 17.1 Å². The summed E-state index contributed by atoms with van der Waals surface area (Å²) in [5.41, 5.74) is 2.11. The minimum Gasteiger partial charge on any atom is -0.393 e. The van der Waals surface area contributed by atoms with Gasteiger partial charge in [-0.3, -0.25) is 4.79 Å². The number of Topliss-reactive ketones (excluding diaryl/α,β-unsaturated/α-hetero) is 1. The highest BCUT2D eigenvalue weighted by atomic mass is 16.3. The van der Waals surface area contributed by atoms with Crippen molar-refractivity contribution in [2.24, 2.45) is 34.5 Å². The first-order valence-corrected chi connectivity index (χ1v) is 9.74. The molecule has 0 heterocycles. The molecule has 0 aromatic carbocycles. The molecule has 0 aliphatic heterocycles. The zero-order valence-electron chi connectivity index (χ0n) is 15.0. The Labute approximate surface area is 140 Å². The number of carbonyl (C=O) groups is 1. The maximum absolute atomic E-state index is 12.2. The van der Waals surface area contributed by atoms with Crippen LogP contribution in [0.2, 0.25) is 0 Å². The van der Waals surface area contributed by atoms with E-state index in [4.69, 9.17) is 0 Å². The van der Waals surface area contributed by atoms with E-state index < -0.39 is 0 Å². The third-order valence-corrected chi connectivity index (χ3v) is 8.57. The van der Waals surface area contributed by atoms with Gasteiger partial charge in [-0.1, -0.05) is 25.5 Å². The summed E-state index contributed by atoms with van der Waals surface area (Å²) >= 11 is 0. The predicted molar refractivity (Wildman–Crippen MR) is 91.9 cm³/mol. The van der Waals surface area contributed by atoms with Gasteiger partial charge in [-0.15, -0.1) is 0 Å². The van der Waals surface area contributed by atoms with Crippen molar-refractivity contribution >= 4 is 5.78 Å². The highest BCUT2D eigenvalue weighted by molar-refractivity contribution is 5.79. The van der Waals surface area contributed by atoms with Crippen LogP contribution in [0.3, 0.4) is 0 Å². The van der Waals surface area contributed by atoms with Crippen LogP contribution in [0.4, 0.5) is 0 Å². The van der Waals surface area contributed by atoms with E-state index >= 15 is 0 Å². The van der Waals surface area contributed by atoms with Gasteiger partial charge in [0.15, 0.2) is 0 Å². The molecule has 1 N–H and O–H groups in total. The molecular formula is C21H32O2. The monoisotopic (exact) mass is 316 g/mol. The fourth-order valence-corrected chi connectivity index (χ4v) is 7.31. The molecule has 0 bridgehead atoms. The van der Waals surface area contributed by atoms with E-state index in [9.17, 15) is 9.90 Å². The van der Waals surface area contributed by atoms with Crippen molar-refractivity contribution in [3.05, 3.63) is 11.6 Å². The van der Waals surface area contributed by atoms with Crippen LogP contribution in [-0.4, -0.2) is 17.0 Å². The molecule has 128 valence electrons. The summed E-state index contributed by atoms with van der Waals surface area (Å²) in [6.07, 6.45) is 11.5. The zero-order valence-corrected chi connectivity index (χ0v) is 15.0. The lowest BCUT2D eigenvalue weighted by Crippen LogP contribution is -2.50. The molecule has 3 fully saturated rings. The number of ketones is 1. The Balaban J connectivity index is 1.66. The fraction of sp³-hybridized carbons (Fsp3) is 0.857. The molecule has 4 aliphatic rings. The molecular weight excluding hydrogens is 284 g/mol. The number of allylic oxidation sites excluding steroid dienone is 1. The number of rotatable bonds is 1. The molecule has 7 atom stereocenters. The SMILES string of the molecule is CC(=O)[C@H]1CC[C@H]2[C@@H]3CC=C4C[C@@H](O)CC[C@@]4(C)[C@@H]3CC[C@]12C. The van der Waals surface area contributed by atoms with Gasteiger partial charge in [-0.2, -0.15) is 0 Å². The second-order valence-corrected chi connectivity index (χ2v) is 9.44. The topological polar surface area (TPSA) is 37.3 Å². The van der Waals surface area contributed by atoms with Crippen molar-refractivity contribution in [1.82, 2.24) is 0 Å². The van der Waals surface area contributed by atoms with Crippen LogP contribution >= 0.6 is 0 Å². The number of fused-ring (bicyclic) bond motifs is 5. The summed E-state index contributed by atoms with van der Waals surface area (Å²) in [7, 11) is 0. The normalized spacial score (nSPS) is 52.2. The van der Waals surface area contributed by atoms with Gasteiger partial charge >= 0.3 is 0 Å². The van der Waals surface area contributed by atoms with Gasteiger partial charge < -0.3 is 5.11 Å². The Morgan fingerprint density at radius 3 is 2.65 bits per heavy atom. The van der Waals surface area contributed by atoms with Gasteiger partial charge in [0.05, 0.1) is 6.10 Å². The van der Waals surface area contributed by atoms with Crippen LogP contribution in [0, 0.1) is 34.5 Å². The highest BCUT2D eigenvalue weighted by Gasteiger charge is 2.59. The van der Waals surface area contributed by atoms with Crippen LogP contribution < -0.4 is 0 Å². The first-order valence-electron chi connectivity index (χ1n) is 9.74. The molecule has 0 radical (unpaired) electrons. The van der Waals surface area contributed by atoms with Crippen molar-refractivity contribution < 1.29 is 9.90 Å². The first kappa shape index (κ1) is 15.9. The standard InChI is InChI=1S/C21H32O2/c1-13(22)17-6-7-18-16-5-4-14-12-15(23)8-10-20(14,2)19(16)9-11-21(17,18)3/h4,15-19,23H,5-12H2,1-3H3/t15-,16-,17+,18-,19+,20+,21+/m0/s1. The molecule has 4 aliphatic carbocycles. The fourth-order valence-electron chi connectivity index (χ4n) is 7.31. The maximum Gasteiger partial charge on any atom is 0.133 e. The quantitative estimate of drug-likeness (QED) is 0.722. The first-order chi connectivity index (χ1) is 10.9. The molecule has 3 saturated carbocycles. The molecule has 0 saturated heterocycles. The Bertz CT molecular complexity index is 550. The Hall–Kier alpha value is -0.630. The highest BCUT2D eigenvalue weighted by Crippen LogP contribution is 2.66. The van der Waals surface area contributed by atoms with Crippen LogP contribution in [-0.2, 0) is 4.79 Å². The van der Waals surface area contributed by atoms with Gasteiger partial charge in [-0.05, 0) is 86.9 Å². The van der Waals surface area contributed by atoms with Crippen LogP contribution in [0.25, 0.3) is 0 Å². The lowest BCUT2D eigenvalue weighted by Gasteiger charge is -2.57. The molecule has 0 aromatic heterocycles. The smallest absolute Gasteiger partial charge is 0.133 e. The summed E-state index contributed by atoms with van der Waals surface area (Å²) in [5, 5.41) is 10.1. The Kier molecular flexibility index (Phi) is 3.58. The molecule has 0 spiro atoms. The second-order valence-electron chi connectivity index (χ2n) is 9.44. The number of carbonyl (C=O) groups excluding carboxylic acids is 1. The number of aliphatic hydroxyl groups is 1. The maximum atomic E-state index is 12.2. The van der Waals surface area contributed by atoms with E-state index in [-0.39, 0.29) is 11.5 Å². The van der Waals surface area contributed by atoms with Gasteiger partial charge in [0.2, 0.25) is 0 Å². The largest absolute Gasteiger partial charge is 0.393 e. The molecule has 0 aromatic rings. The van der Waals surface area contributed by atoms with E-state index in [0.717, 1.165) is 43.4 Å². The summed E-state index contributed by atoms with van der Waals surface area (Å²) in [6.45, 7) is 6.70. The number of hydrogen-bond acceptors (Lipinski definition) is 2. The number of aliphatic hydroxyl groups excluding tert-OH is 1. The molecule has 2 heteroatoms. The van der Waals surface area contributed by atoms with Crippen molar-refractivity contribution in [3.8, 4) is 0 Å². The Morgan fingerprint density at radius 1 is 1.13 bits per heavy atom. The minimum atomic E-state index is -0.117. The van der Waals surface area contributed by atoms with E-state index in [1.807, 2.05) is 6.92 Å². The molecule has 0 unspecified atom stereocenters. The third kappa shape index (κ3) is 2.13. The lowest BCUT2D eigenvalue weighted by molar-refractivity contribution is -0.127. The van der Waals surface area contributed by atoms with Gasteiger partial charge in [0.1, 0.15) is 5.78 Å². The van der Waals surface area contributed by atoms with Crippen LogP contribution in [0.15, 0.2) is 11.6 Å².